The summed E-state index contributed by atoms with van der Waals surface area (Å²) < 4.78 is 7.66. The second kappa shape index (κ2) is 4.64. The number of nitrogens with one attached hydrogen (secondary N) is 1. The van der Waals surface area contributed by atoms with E-state index in [1.54, 1.807) is 10.7 Å². The van der Waals surface area contributed by atoms with E-state index >= 15 is 0 Å². The summed E-state index contributed by atoms with van der Waals surface area (Å²) >= 11 is 0. The molecule has 0 aromatic carbocycles. The Kier molecular flexibility index (Phi) is 2.73. The van der Waals surface area contributed by atoms with Gasteiger partial charge in [0.25, 0.3) is 12.0 Å². The number of aryl methyl sites for hydroxylation is 1. The van der Waals surface area contributed by atoms with E-state index < -0.39 is 5.60 Å². The maximum Gasteiger partial charge on any atom is 0.292 e. The van der Waals surface area contributed by atoms with Crippen LogP contribution in [-0.4, -0.2) is 62.0 Å². The lowest BCUT2D eigenvalue weighted by atomic mass is 9.75. The average molecular weight is 329 g/mol. The van der Waals surface area contributed by atoms with E-state index in [0.717, 1.165) is 18.5 Å². The molecule has 3 fully saturated rings. The molecule has 3 saturated heterocycles. The van der Waals surface area contributed by atoms with Crippen molar-refractivity contribution in [2.75, 3.05) is 31.5 Å². The zero-order chi connectivity index (χ0) is 16.4. The molecule has 0 aliphatic carbocycles. The van der Waals surface area contributed by atoms with Crippen molar-refractivity contribution >= 4 is 17.6 Å². The number of aromatic nitrogens is 4. The van der Waals surface area contributed by atoms with E-state index in [4.69, 9.17) is 4.74 Å². The van der Waals surface area contributed by atoms with Crippen LogP contribution in [0, 0.1) is 18.0 Å². The second-order valence-electron chi connectivity index (χ2n) is 7.12. The number of nitrogens with zero attached hydrogens (tertiary/aromatic N) is 6. The smallest absolute Gasteiger partial charge is 0.292 e. The minimum atomic E-state index is -0.447. The highest BCUT2D eigenvalue weighted by molar-refractivity contribution is 5.88. The number of fused-ring (bicyclic) bond motifs is 3. The summed E-state index contributed by atoms with van der Waals surface area (Å²) in [6, 6.07) is 0.413. The van der Waals surface area contributed by atoms with Crippen molar-refractivity contribution in [3.05, 3.63) is 23.3 Å². The lowest BCUT2D eigenvalue weighted by Gasteiger charge is -2.58. The van der Waals surface area contributed by atoms with Crippen LogP contribution in [0.25, 0.3) is 5.65 Å². The lowest BCUT2D eigenvalue weighted by molar-refractivity contribution is -0.905. The van der Waals surface area contributed by atoms with Crippen LogP contribution >= 0.6 is 0 Å². The van der Waals surface area contributed by atoms with Crippen LogP contribution < -0.4 is 5.32 Å². The first-order valence-electron chi connectivity index (χ1n) is 8.30. The van der Waals surface area contributed by atoms with E-state index in [9.17, 15) is 5.21 Å². The van der Waals surface area contributed by atoms with Gasteiger partial charge in [-0.1, -0.05) is 0 Å². The third kappa shape index (κ3) is 2.08. The highest BCUT2D eigenvalue weighted by Gasteiger charge is 2.56. The van der Waals surface area contributed by atoms with Gasteiger partial charge in [0.1, 0.15) is 6.54 Å². The molecule has 1 spiro atoms. The summed E-state index contributed by atoms with van der Waals surface area (Å²) in [5, 5.41) is 20.1. The van der Waals surface area contributed by atoms with E-state index in [0.29, 0.717) is 49.7 Å². The zero-order valence-electron chi connectivity index (χ0n) is 13.5. The van der Waals surface area contributed by atoms with Crippen molar-refractivity contribution in [1.29, 1.82) is 0 Å². The number of quaternary nitrogens is 1. The maximum atomic E-state index is 12.7. The summed E-state index contributed by atoms with van der Waals surface area (Å²) in [6.07, 6.45) is 5.32. The van der Waals surface area contributed by atoms with Gasteiger partial charge in [-0.15, -0.1) is 5.10 Å². The third-order valence-corrected chi connectivity index (χ3v) is 5.43. The fraction of sp³-hybridized carbons (Fsp3) is 0.600. The molecule has 9 nitrogen and oxygen atoms in total. The molecule has 0 amide bonds. The molecule has 1 N–H and O–H groups in total. The predicted octanol–water partition coefficient (Wildman–Crippen LogP) is 0.708. The summed E-state index contributed by atoms with van der Waals surface area (Å²) in [4.78, 5) is 13.0. The minimum absolute atomic E-state index is 0.142. The number of ether oxygens (including phenoxy) is 1. The molecule has 9 heteroatoms. The Morgan fingerprint density at radius 3 is 3.04 bits per heavy atom. The van der Waals surface area contributed by atoms with Gasteiger partial charge in [0.05, 0.1) is 37.7 Å². The topological polar surface area (TPSA) is 99.8 Å². The van der Waals surface area contributed by atoms with Crippen LogP contribution in [0.3, 0.4) is 0 Å². The number of piperidine rings is 3. The third-order valence-electron chi connectivity index (χ3n) is 5.43. The van der Waals surface area contributed by atoms with Gasteiger partial charge < -0.3 is 14.6 Å². The zero-order valence-corrected chi connectivity index (χ0v) is 13.5. The number of amidine groups is 1. The van der Waals surface area contributed by atoms with Crippen LogP contribution in [0.2, 0.25) is 0 Å². The van der Waals surface area contributed by atoms with Gasteiger partial charge in [-0.05, 0) is 6.92 Å². The van der Waals surface area contributed by atoms with Crippen molar-refractivity contribution in [2.24, 2.45) is 10.9 Å². The monoisotopic (exact) mass is 329 g/mol. The van der Waals surface area contributed by atoms with Crippen LogP contribution in [0.1, 0.15) is 18.5 Å². The Morgan fingerprint density at radius 1 is 1.42 bits per heavy atom. The first-order chi connectivity index (χ1) is 11.5. The first kappa shape index (κ1) is 14.1. The summed E-state index contributed by atoms with van der Waals surface area (Å²) in [5.74, 6) is 0.834. The van der Waals surface area contributed by atoms with Gasteiger partial charge >= 0.3 is 0 Å². The fourth-order valence-corrected chi connectivity index (χ4v) is 4.20. The predicted molar refractivity (Wildman–Crippen MR) is 86.2 cm³/mol. The molecule has 0 radical (unpaired) electrons. The summed E-state index contributed by atoms with van der Waals surface area (Å²) in [6.45, 7) is 4.35. The SMILES string of the molecule is Cc1cn2nc(NC3=NC[C@@]4(C[N+]5([O-])CCC4CC5)O3)nc2cn1. The van der Waals surface area contributed by atoms with Crippen LogP contribution in [0.15, 0.2) is 17.4 Å². The first-order valence-corrected chi connectivity index (χ1v) is 8.30. The van der Waals surface area contributed by atoms with Crippen molar-refractivity contribution < 1.29 is 9.38 Å². The molecule has 2 aromatic rings. The van der Waals surface area contributed by atoms with Gasteiger partial charge in [-0.2, -0.15) is 4.98 Å². The fourth-order valence-electron chi connectivity index (χ4n) is 4.20. The molecule has 4 aliphatic heterocycles. The number of hydrogen-bond donors (Lipinski definition) is 1. The number of aliphatic imine (C=N–C) groups is 1. The Hall–Kier alpha value is -2.26. The van der Waals surface area contributed by atoms with E-state index in [-0.39, 0.29) is 4.65 Å². The normalized spacial score (nSPS) is 34.6. The Balaban J connectivity index is 1.35. The van der Waals surface area contributed by atoms with Crippen molar-refractivity contribution in [1.82, 2.24) is 19.6 Å². The molecule has 0 saturated carbocycles. The highest BCUT2D eigenvalue weighted by Crippen LogP contribution is 2.44. The average Bonchev–Trinajstić information content (AvgIpc) is 3.11. The van der Waals surface area contributed by atoms with Crippen LogP contribution in [-0.2, 0) is 4.74 Å². The van der Waals surface area contributed by atoms with Gasteiger partial charge in [-0.25, -0.2) is 9.51 Å². The molecule has 6 heterocycles. The molecule has 6 rings (SSSR count). The van der Waals surface area contributed by atoms with E-state index in [1.165, 1.54) is 0 Å². The van der Waals surface area contributed by atoms with Crippen LogP contribution in [0.4, 0.5) is 5.95 Å². The molecular formula is C15H19N7O2. The Bertz CT molecular complexity index is 839. The molecule has 2 aromatic heterocycles. The highest BCUT2D eigenvalue weighted by atomic mass is 16.6. The van der Waals surface area contributed by atoms with E-state index in [1.807, 2.05) is 13.1 Å². The van der Waals surface area contributed by atoms with Crippen molar-refractivity contribution in [3.63, 3.8) is 0 Å². The van der Waals surface area contributed by atoms with E-state index in [2.05, 4.69) is 25.4 Å². The minimum Gasteiger partial charge on any atom is -0.633 e. The van der Waals surface area contributed by atoms with Crippen molar-refractivity contribution in [3.8, 4) is 0 Å². The molecule has 4 aliphatic rings. The molecule has 24 heavy (non-hydrogen) atoms. The largest absolute Gasteiger partial charge is 0.633 e. The second-order valence-corrected chi connectivity index (χ2v) is 7.12. The number of rotatable bonds is 1. The number of anilines is 1. The Morgan fingerprint density at radius 2 is 2.25 bits per heavy atom. The Labute approximate surface area is 138 Å². The summed E-state index contributed by atoms with van der Waals surface area (Å²) in [5.41, 5.74) is 1.07. The molecular weight excluding hydrogens is 310 g/mol. The quantitative estimate of drug-likeness (QED) is 0.611. The van der Waals surface area contributed by atoms with Crippen LogP contribution in [0.5, 0.6) is 0 Å². The van der Waals surface area contributed by atoms with Gasteiger partial charge in [-0.3, -0.25) is 10.3 Å². The number of hydrogen-bond acceptors (Lipinski definition) is 7. The van der Waals surface area contributed by atoms with Gasteiger partial charge in [0, 0.05) is 18.8 Å². The lowest BCUT2D eigenvalue weighted by Crippen LogP contribution is -2.67. The molecule has 2 bridgehead atoms. The maximum absolute atomic E-state index is 12.7. The summed E-state index contributed by atoms with van der Waals surface area (Å²) in [7, 11) is 0. The molecule has 1 atom stereocenters. The molecule has 0 unspecified atom stereocenters. The molecule has 126 valence electrons. The number of hydroxylamine groups is 3. The van der Waals surface area contributed by atoms with Gasteiger partial charge in [0.15, 0.2) is 11.2 Å². The van der Waals surface area contributed by atoms with Crippen molar-refractivity contribution in [2.45, 2.75) is 25.4 Å². The standard InChI is InChI=1S/C15H19N7O2/c1-10-7-21-12(6-16-10)18-13(20-21)19-14-17-8-15(24-14)9-22(23)4-2-11(15)3-5-22/h6-7,11H,2-5,8-9H2,1H3,(H,17,19,20)/t11?,15-,22?/m0/s1. The van der Waals surface area contributed by atoms with Gasteiger partial charge in [0.2, 0.25) is 0 Å².